The Labute approximate surface area is 112 Å². The minimum atomic E-state index is 0.226. The van der Waals surface area contributed by atoms with E-state index in [0.29, 0.717) is 6.54 Å². The van der Waals surface area contributed by atoms with Gasteiger partial charge in [0.1, 0.15) is 18.0 Å². The van der Waals surface area contributed by atoms with Crippen molar-refractivity contribution in [1.29, 1.82) is 0 Å². The van der Waals surface area contributed by atoms with Gasteiger partial charge in [-0.25, -0.2) is 9.97 Å². The molecule has 0 aliphatic heterocycles. The number of likely N-dealkylation sites (N-methyl/N-ethyl adjacent to an activating group) is 1. The molecule has 0 fully saturated rings. The first-order valence-corrected chi connectivity index (χ1v) is 6.12. The van der Waals surface area contributed by atoms with Gasteiger partial charge in [-0.05, 0) is 19.1 Å². The normalized spacial score (nSPS) is 11.9. The highest BCUT2D eigenvalue weighted by atomic mass is 15.2. The molecule has 6 heteroatoms. The zero-order chi connectivity index (χ0) is 13.7. The van der Waals surface area contributed by atoms with E-state index in [0.717, 1.165) is 17.3 Å². The first kappa shape index (κ1) is 13.2. The van der Waals surface area contributed by atoms with Gasteiger partial charge in [0, 0.05) is 43.8 Å². The van der Waals surface area contributed by atoms with Crippen LogP contribution in [0.3, 0.4) is 0 Å². The monoisotopic (exact) mass is 258 g/mol. The summed E-state index contributed by atoms with van der Waals surface area (Å²) in [5.41, 5.74) is 6.60. The highest BCUT2D eigenvalue weighted by molar-refractivity contribution is 5.58. The number of anilines is 3. The van der Waals surface area contributed by atoms with Gasteiger partial charge >= 0.3 is 0 Å². The Balaban J connectivity index is 2.15. The molecule has 19 heavy (non-hydrogen) atoms. The number of nitrogens with two attached hydrogens (primary N) is 1. The summed E-state index contributed by atoms with van der Waals surface area (Å²) < 4.78 is 0. The van der Waals surface area contributed by atoms with Crippen molar-refractivity contribution in [2.75, 3.05) is 23.8 Å². The first-order valence-electron chi connectivity index (χ1n) is 6.12. The topological polar surface area (TPSA) is 80.0 Å². The van der Waals surface area contributed by atoms with Crippen LogP contribution in [-0.4, -0.2) is 34.6 Å². The lowest BCUT2D eigenvalue weighted by molar-refractivity contribution is 0.686. The molecule has 2 aromatic heterocycles. The predicted molar refractivity (Wildman–Crippen MR) is 76.5 cm³/mol. The van der Waals surface area contributed by atoms with Crippen molar-refractivity contribution in [3.05, 3.63) is 36.9 Å². The molecular weight excluding hydrogens is 240 g/mol. The molecule has 0 radical (unpaired) electrons. The fourth-order valence-corrected chi connectivity index (χ4v) is 1.58. The lowest BCUT2D eigenvalue weighted by Crippen LogP contribution is -2.35. The van der Waals surface area contributed by atoms with Crippen LogP contribution in [0, 0.1) is 0 Å². The molecule has 2 heterocycles. The summed E-state index contributed by atoms with van der Waals surface area (Å²) in [5, 5.41) is 3.21. The molecule has 0 aliphatic carbocycles. The summed E-state index contributed by atoms with van der Waals surface area (Å²) in [6.07, 6.45) is 5.00. The molecule has 0 bridgehead atoms. The number of pyridine rings is 1. The Bertz CT molecular complexity index is 516. The molecule has 0 saturated heterocycles. The molecule has 6 nitrogen and oxygen atoms in total. The van der Waals surface area contributed by atoms with Gasteiger partial charge in [0.05, 0.1) is 0 Å². The number of nitrogens with one attached hydrogen (secondary N) is 1. The summed E-state index contributed by atoms with van der Waals surface area (Å²) in [4.78, 5) is 14.5. The van der Waals surface area contributed by atoms with Crippen LogP contribution in [0.15, 0.2) is 36.9 Å². The van der Waals surface area contributed by atoms with Gasteiger partial charge in [-0.3, -0.25) is 4.98 Å². The Morgan fingerprint density at radius 1 is 1.32 bits per heavy atom. The van der Waals surface area contributed by atoms with Crippen molar-refractivity contribution in [3.8, 4) is 0 Å². The maximum atomic E-state index is 5.66. The van der Waals surface area contributed by atoms with Crippen LogP contribution in [0.4, 0.5) is 17.3 Å². The molecule has 1 atom stereocenters. The molecule has 2 rings (SSSR count). The van der Waals surface area contributed by atoms with Crippen molar-refractivity contribution < 1.29 is 0 Å². The third-order valence-electron chi connectivity index (χ3n) is 2.97. The SMILES string of the molecule is CC(CN)N(C)c1cc(Nc2ccncc2)ncn1. The highest BCUT2D eigenvalue weighted by Gasteiger charge is 2.10. The van der Waals surface area contributed by atoms with E-state index in [1.807, 2.05) is 30.1 Å². The molecule has 0 spiro atoms. The Morgan fingerprint density at radius 3 is 2.74 bits per heavy atom. The summed E-state index contributed by atoms with van der Waals surface area (Å²) in [5.74, 6) is 1.58. The lowest BCUT2D eigenvalue weighted by atomic mass is 10.3. The van der Waals surface area contributed by atoms with E-state index in [2.05, 4.69) is 27.2 Å². The van der Waals surface area contributed by atoms with Gasteiger partial charge in [-0.15, -0.1) is 0 Å². The third kappa shape index (κ3) is 3.38. The largest absolute Gasteiger partial charge is 0.356 e. The minimum Gasteiger partial charge on any atom is -0.356 e. The third-order valence-corrected chi connectivity index (χ3v) is 2.97. The summed E-state index contributed by atoms with van der Waals surface area (Å²) >= 11 is 0. The fourth-order valence-electron chi connectivity index (χ4n) is 1.58. The molecule has 3 N–H and O–H groups in total. The van der Waals surface area contributed by atoms with Gasteiger partial charge in [0.25, 0.3) is 0 Å². The van der Waals surface area contributed by atoms with Crippen molar-refractivity contribution in [3.63, 3.8) is 0 Å². The van der Waals surface area contributed by atoms with Crippen molar-refractivity contribution >= 4 is 17.3 Å². The number of nitrogens with zero attached hydrogens (tertiary/aromatic N) is 4. The van der Waals surface area contributed by atoms with Crippen LogP contribution in [0.2, 0.25) is 0 Å². The molecule has 100 valence electrons. The van der Waals surface area contributed by atoms with Gasteiger partial charge in [0.2, 0.25) is 0 Å². The van der Waals surface area contributed by atoms with Gasteiger partial charge in [-0.2, -0.15) is 0 Å². The first-order chi connectivity index (χ1) is 9.20. The van der Waals surface area contributed by atoms with Crippen molar-refractivity contribution in [2.24, 2.45) is 5.73 Å². The fraction of sp³-hybridized carbons (Fsp3) is 0.308. The second-order valence-corrected chi connectivity index (χ2v) is 4.32. The van der Waals surface area contributed by atoms with Crippen LogP contribution in [0.5, 0.6) is 0 Å². The minimum absolute atomic E-state index is 0.226. The zero-order valence-corrected chi connectivity index (χ0v) is 11.1. The maximum Gasteiger partial charge on any atom is 0.135 e. The van der Waals surface area contributed by atoms with Crippen LogP contribution in [0.1, 0.15) is 6.92 Å². The average molecular weight is 258 g/mol. The van der Waals surface area contributed by atoms with Gasteiger partial charge in [-0.1, -0.05) is 0 Å². The number of hydrogen-bond acceptors (Lipinski definition) is 6. The Kier molecular flexibility index (Phi) is 4.25. The van der Waals surface area contributed by atoms with Crippen LogP contribution >= 0.6 is 0 Å². The number of hydrogen-bond donors (Lipinski definition) is 2. The molecule has 2 aromatic rings. The zero-order valence-electron chi connectivity index (χ0n) is 11.1. The molecule has 0 amide bonds. The lowest BCUT2D eigenvalue weighted by Gasteiger charge is -2.24. The van der Waals surface area contributed by atoms with E-state index in [9.17, 15) is 0 Å². The predicted octanol–water partition coefficient (Wildman–Crippen LogP) is 1.40. The quantitative estimate of drug-likeness (QED) is 0.844. The molecule has 0 aliphatic rings. The number of rotatable bonds is 5. The molecular formula is C13H18N6. The van der Waals surface area contributed by atoms with E-state index in [1.165, 1.54) is 0 Å². The van der Waals surface area contributed by atoms with Crippen molar-refractivity contribution in [2.45, 2.75) is 13.0 Å². The molecule has 1 unspecified atom stereocenters. The second-order valence-electron chi connectivity index (χ2n) is 4.32. The Hall–Kier alpha value is -2.21. The van der Waals surface area contributed by atoms with E-state index in [1.54, 1.807) is 18.7 Å². The Morgan fingerprint density at radius 2 is 2.05 bits per heavy atom. The van der Waals surface area contributed by atoms with Crippen LogP contribution in [-0.2, 0) is 0 Å². The summed E-state index contributed by atoms with van der Waals surface area (Å²) in [7, 11) is 1.97. The van der Waals surface area contributed by atoms with Crippen molar-refractivity contribution in [1.82, 2.24) is 15.0 Å². The van der Waals surface area contributed by atoms with E-state index in [-0.39, 0.29) is 6.04 Å². The second kappa shape index (κ2) is 6.10. The van der Waals surface area contributed by atoms with Gasteiger partial charge < -0.3 is 16.0 Å². The van der Waals surface area contributed by atoms with E-state index < -0.39 is 0 Å². The molecule has 0 saturated carbocycles. The van der Waals surface area contributed by atoms with Crippen LogP contribution < -0.4 is 16.0 Å². The summed E-state index contributed by atoms with van der Waals surface area (Å²) in [6, 6.07) is 5.89. The molecule has 0 aromatic carbocycles. The highest BCUT2D eigenvalue weighted by Crippen LogP contribution is 2.18. The van der Waals surface area contributed by atoms with Gasteiger partial charge in [0.15, 0.2) is 0 Å². The van der Waals surface area contributed by atoms with E-state index >= 15 is 0 Å². The van der Waals surface area contributed by atoms with Crippen LogP contribution in [0.25, 0.3) is 0 Å². The average Bonchev–Trinajstić information content (AvgIpc) is 2.47. The number of aromatic nitrogens is 3. The standard InChI is InChI=1S/C13H18N6/c1-10(8-14)19(2)13-7-12(16-9-17-13)18-11-3-5-15-6-4-11/h3-7,9-10H,8,14H2,1-2H3,(H,15,16,17,18). The summed E-state index contributed by atoms with van der Waals surface area (Å²) in [6.45, 7) is 2.63. The smallest absolute Gasteiger partial charge is 0.135 e. The maximum absolute atomic E-state index is 5.66. The van der Waals surface area contributed by atoms with E-state index in [4.69, 9.17) is 5.73 Å².